The Morgan fingerprint density at radius 3 is 3.00 bits per heavy atom. The van der Waals surface area contributed by atoms with Crippen LogP contribution in [0.15, 0.2) is 18.2 Å². The Balaban J connectivity index is 2.25. The summed E-state index contributed by atoms with van der Waals surface area (Å²) in [6, 6.07) is 4.72. The van der Waals surface area contributed by atoms with Crippen molar-refractivity contribution < 1.29 is 9.13 Å². The van der Waals surface area contributed by atoms with E-state index in [1.165, 1.54) is 6.07 Å². The molecule has 1 aliphatic heterocycles. The van der Waals surface area contributed by atoms with Gasteiger partial charge < -0.3 is 9.30 Å². The van der Waals surface area contributed by atoms with Gasteiger partial charge in [0.05, 0.1) is 22.7 Å². The Bertz CT molecular complexity index is 642. The van der Waals surface area contributed by atoms with Gasteiger partial charge in [-0.15, -0.1) is 11.6 Å². The maximum atomic E-state index is 13.6. The molecule has 2 atom stereocenters. The van der Waals surface area contributed by atoms with E-state index in [0.29, 0.717) is 18.9 Å². The number of fused-ring (bicyclic) bond motifs is 1. The van der Waals surface area contributed by atoms with Crippen LogP contribution in [0, 0.1) is 5.82 Å². The predicted octanol–water partition coefficient (Wildman–Crippen LogP) is 3.48. The summed E-state index contributed by atoms with van der Waals surface area (Å²) in [4.78, 5) is 4.62. The van der Waals surface area contributed by atoms with Gasteiger partial charge >= 0.3 is 0 Å². The molecule has 0 aliphatic carbocycles. The molecule has 0 amide bonds. The average molecular weight is 297 g/mol. The Morgan fingerprint density at radius 2 is 2.35 bits per heavy atom. The van der Waals surface area contributed by atoms with Gasteiger partial charge in [-0.2, -0.15) is 0 Å². The largest absolute Gasteiger partial charge is 0.376 e. The molecule has 2 unspecified atom stereocenters. The summed E-state index contributed by atoms with van der Waals surface area (Å²) in [5.74, 6) is 1.16. The van der Waals surface area contributed by atoms with E-state index in [1.54, 1.807) is 12.1 Å². The standard InChI is InChI=1S/C15H18ClFN2O/c1-10-15(2,6-8-20-10)19-13-9-11(17)3-4-12(13)18-14(19)5-7-16/h3-4,9-10H,5-8H2,1-2H3. The molecule has 0 saturated carbocycles. The summed E-state index contributed by atoms with van der Waals surface area (Å²) in [5.41, 5.74) is 1.43. The molecule has 3 rings (SSSR count). The van der Waals surface area contributed by atoms with Gasteiger partial charge in [-0.1, -0.05) is 0 Å². The predicted molar refractivity (Wildman–Crippen MR) is 77.8 cm³/mol. The SMILES string of the molecule is CC1OCCC1(C)n1c(CCCl)nc2ccc(F)cc21. The monoisotopic (exact) mass is 296 g/mol. The van der Waals surface area contributed by atoms with Crippen LogP contribution in [0.2, 0.25) is 0 Å². The highest BCUT2D eigenvalue weighted by molar-refractivity contribution is 6.17. The highest BCUT2D eigenvalue weighted by Crippen LogP contribution is 2.37. The van der Waals surface area contributed by atoms with E-state index in [9.17, 15) is 4.39 Å². The van der Waals surface area contributed by atoms with Crippen LogP contribution in [0.5, 0.6) is 0 Å². The highest BCUT2D eigenvalue weighted by Gasteiger charge is 2.41. The van der Waals surface area contributed by atoms with Gasteiger partial charge in [0.25, 0.3) is 0 Å². The summed E-state index contributed by atoms with van der Waals surface area (Å²) < 4.78 is 21.5. The third kappa shape index (κ3) is 2.02. The first-order chi connectivity index (χ1) is 9.56. The fourth-order valence-electron chi connectivity index (χ4n) is 3.04. The Hall–Kier alpha value is -1.13. The number of halogens is 2. The third-order valence-electron chi connectivity index (χ3n) is 4.37. The van der Waals surface area contributed by atoms with E-state index in [-0.39, 0.29) is 17.5 Å². The molecule has 3 nitrogen and oxygen atoms in total. The summed E-state index contributed by atoms with van der Waals surface area (Å²) in [6.45, 7) is 4.92. The molecular formula is C15H18ClFN2O. The van der Waals surface area contributed by atoms with Crippen LogP contribution in [-0.4, -0.2) is 28.1 Å². The first kappa shape index (κ1) is 13.8. The summed E-state index contributed by atoms with van der Waals surface area (Å²) in [6.07, 6.45) is 1.63. The van der Waals surface area contributed by atoms with Gasteiger partial charge in [0.15, 0.2) is 0 Å². The minimum atomic E-state index is -0.244. The lowest BCUT2D eigenvalue weighted by Gasteiger charge is -2.32. The Morgan fingerprint density at radius 1 is 1.55 bits per heavy atom. The van der Waals surface area contributed by atoms with Crippen LogP contribution in [0.25, 0.3) is 11.0 Å². The Kier molecular flexibility index (Phi) is 3.46. The van der Waals surface area contributed by atoms with Crippen molar-refractivity contribution in [3.05, 3.63) is 29.8 Å². The number of rotatable bonds is 3. The first-order valence-corrected chi connectivity index (χ1v) is 7.44. The zero-order valence-corrected chi connectivity index (χ0v) is 12.5. The lowest BCUT2D eigenvalue weighted by Crippen LogP contribution is -2.38. The van der Waals surface area contributed by atoms with Gasteiger partial charge in [-0.25, -0.2) is 9.37 Å². The molecule has 1 fully saturated rings. The molecule has 1 aromatic heterocycles. The molecule has 108 valence electrons. The number of nitrogens with zero attached hydrogens (tertiary/aromatic N) is 2. The van der Waals surface area contributed by atoms with E-state index in [2.05, 4.69) is 23.4 Å². The molecule has 1 saturated heterocycles. The molecule has 0 spiro atoms. The number of hydrogen-bond acceptors (Lipinski definition) is 2. The van der Waals surface area contributed by atoms with E-state index in [1.807, 2.05) is 0 Å². The van der Waals surface area contributed by atoms with Crippen LogP contribution in [0.1, 0.15) is 26.1 Å². The van der Waals surface area contributed by atoms with Crippen molar-refractivity contribution in [3.63, 3.8) is 0 Å². The van der Waals surface area contributed by atoms with Crippen LogP contribution in [-0.2, 0) is 16.7 Å². The first-order valence-electron chi connectivity index (χ1n) is 6.91. The number of imidazole rings is 1. The second kappa shape index (κ2) is 5.01. The van der Waals surface area contributed by atoms with Crippen molar-refractivity contribution in [1.82, 2.24) is 9.55 Å². The van der Waals surface area contributed by atoms with E-state index in [4.69, 9.17) is 16.3 Å². The minimum absolute atomic E-state index is 0.0669. The fourth-order valence-corrected chi connectivity index (χ4v) is 3.21. The Labute approximate surface area is 122 Å². The molecule has 2 heterocycles. The fraction of sp³-hybridized carbons (Fsp3) is 0.533. The van der Waals surface area contributed by atoms with Gasteiger partial charge in [0.2, 0.25) is 0 Å². The average Bonchev–Trinajstić information content (AvgIpc) is 2.92. The van der Waals surface area contributed by atoms with Crippen molar-refractivity contribution in [3.8, 4) is 0 Å². The maximum absolute atomic E-state index is 13.6. The lowest BCUT2D eigenvalue weighted by atomic mass is 9.93. The molecular weight excluding hydrogens is 279 g/mol. The summed E-state index contributed by atoms with van der Waals surface area (Å²) >= 11 is 5.90. The molecule has 1 aromatic carbocycles. The van der Waals surface area contributed by atoms with Gasteiger partial charge in [-0.3, -0.25) is 0 Å². The van der Waals surface area contributed by atoms with E-state index >= 15 is 0 Å². The maximum Gasteiger partial charge on any atom is 0.125 e. The molecule has 2 aromatic rings. The third-order valence-corrected chi connectivity index (χ3v) is 4.56. The number of benzene rings is 1. The second-order valence-electron chi connectivity index (χ2n) is 5.56. The van der Waals surface area contributed by atoms with Crippen molar-refractivity contribution in [1.29, 1.82) is 0 Å². The molecule has 0 N–H and O–H groups in total. The van der Waals surface area contributed by atoms with Gasteiger partial charge in [0, 0.05) is 18.9 Å². The van der Waals surface area contributed by atoms with Crippen LogP contribution in [0.3, 0.4) is 0 Å². The van der Waals surface area contributed by atoms with Gasteiger partial charge in [-0.05, 0) is 38.5 Å². The minimum Gasteiger partial charge on any atom is -0.376 e. The molecule has 0 radical (unpaired) electrons. The van der Waals surface area contributed by atoms with Gasteiger partial charge in [0.1, 0.15) is 11.6 Å². The quantitative estimate of drug-likeness (QED) is 0.811. The van der Waals surface area contributed by atoms with Crippen LogP contribution in [0.4, 0.5) is 4.39 Å². The highest BCUT2D eigenvalue weighted by atomic mass is 35.5. The zero-order chi connectivity index (χ0) is 14.3. The topological polar surface area (TPSA) is 27.1 Å². The van der Waals surface area contributed by atoms with Crippen molar-refractivity contribution in [2.24, 2.45) is 0 Å². The van der Waals surface area contributed by atoms with Crippen molar-refractivity contribution in [2.75, 3.05) is 12.5 Å². The van der Waals surface area contributed by atoms with Crippen LogP contribution >= 0.6 is 11.6 Å². The van der Waals surface area contributed by atoms with Crippen molar-refractivity contribution in [2.45, 2.75) is 38.3 Å². The number of hydrogen-bond donors (Lipinski definition) is 0. The number of alkyl halides is 1. The molecule has 20 heavy (non-hydrogen) atoms. The van der Waals surface area contributed by atoms with E-state index in [0.717, 1.165) is 23.3 Å². The smallest absolute Gasteiger partial charge is 0.125 e. The lowest BCUT2D eigenvalue weighted by molar-refractivity contribution is 0.0764. The normalized spacial score (nSPS) is 26.5. The van der Waals surface area contributed by atoms with Crippen LogP contribution < -0.4 is 0 Å². The number of aromatic nitrogens is 2. The van der Waals surface area contributed by atoms with E-state index < -0.39 is 0 Å². The molecule has 0 bridgehead atoms. The second-order valence-corrected chi connectivity index (χ2v) is 5.93. The zero-order valence-electron chi connectivity index (χ0n) is 11.7. The summed E-state index contributed by atoms with van der Waals surface area (Å²) in [7, 11) is 0. The number of ether oxygens (including phenoxy) is 1. The molecule has 1 aliphatic rings. The van der Waals surface area contributed by atoms with Crippen molar-refractivity contribution >= 4 is 22.6 Å². The number of aryl methyl sites for hydroxylation is 1. The summed E-state index contributed by atoms with van der Waals surface area (Å²) in [5, 5.41) is 0. The molecule has 5 heteroatoms.